The number of ether oxygens (including phenoxy) is 2. The van der Waals surface area contributed by atoms with Gasteiger partial charge in [0.15, 0.2) is 11.5 Å². The molecule has 0 N–H and O–H groups in total. The van der Waals surface area contributed by atoms with Gasteiger partial charge in [0, 0.05) is 25.5 Å². The van der Waals surface area contributed by atoms with Crippen LogP contribution in [0.5, 0.6) is 11.5 Å². The van der Waals surface area contributed by atoms with Crippen LogP contribution < -0.4 is 15.0 Å². The molecule has 2 heterocycles. The van der Waals surface area contributed by atoms with E-state index in [1.807, 2.05) is 32.0 Å². The summed E-state index contributed by atoms with van der Waals surface area (Å²) in [5, 5.41) is 0. The molecule has 7 nitrogen and oxygen atoms in total. The van der Waals surface area contributed by atoms with Crippen molar-refractivity contribution >= 4 is 11.6 Å². The minimum absolute atomic E-state index is 0.0467. The molecule has 0 fully saturated rings. The Labute approximate surface area is 163 Å². The normalized spacial score (nSPS) is 10.7. The van der Waals surface area contributed by atoms with Gasteiger partial charge in [0.05, 0.1) is 14.2 Å². The lowest BCUT2D eigenvalue weighted by Gasteiger charge is -2.21. The summed E-state index contributed by atoms with van der Waals surface area (Å²) in [6.07, 6.45) is 3.04. The number of hydrogen-bond acceptors (Lipinski definition) is 5. The van der Waals surface area contributed by atoms with Crippen molar-refractivity contribution < 1.29 is 14.3 Å². The minimum atomic E-state index is -0.371. The quantitative estimate of drug-likeness (QED) is 0.656. The van der Waals surface area contributed by atoms with Crippen LogP contribution in [0.4, 0.5) is 0 Å². The van der Waals surface area contributed by atoms with Gasteiger partial charge in [0.1, 0.15) is 11.2 Å². The number of carbonyl (C=O) groups excluding carboxylic acids is 1. The molecule has 0 spiro atoms. The third-order valence-electron chi connectivity index (χ3n) is 4.57. The summed E-state index contributed by atoms with van der Waals surface area (Å²) in [4.78, 5) is 31.7. The zero-order valence-electron chi connectivity index (χ0n) is 16.4. The lowest BCUT2D eigenvalue weighted by Crippen LogP contribution is -2.35. The summed E-state index contributed by atoms with van der Waals surface area (Å²) in [7, 11) is 3.13. The molecule has 1 amide bonds. The van der Waals surface area contributed by atoms with Gasteiger partial charge in [-0.05, 0) is 43.2 Å². The molecule has 0 unspecified atom stereocenters. The van der Waals surface area contributed by atoms with Crippen LogP contribution in [0.1, 0.15) is 28.4 Å². The van der Waals surface area contributed by atoms with Crippen LogP contribution in [0.15, 0.2) is 47.5 Å². The maximum atomic E-state index is 13.0. The zero-order chi connectivity index (χ0) is 20.3. The average Bonchev–Trinajstić information content (AvgIpc) is 2.72. The topological polar surface area (TPSA) is 73.1 Å². The molecule has 0 aliphatic heterocycles. The van der Waals surface area contributed by atoms with E-state index in [4.69, 9.17) is 9.47 Å². The van der Waals surface area contributed by atoms with Crippen molar-refractivity contribution in [3.8, 4) is 11.5 Å². The van der Waals surface area contributed by atoms with E-state index in [9.17, 15) is 9.59 Å². The largest absolute Gasteiger partial charge is 0.493 e. The fourth-order valence-corrected chi connectivity index (χ4v) is 3.03. The highest BCUT2D eigenvalue weighted by Gasteiger charge is 2.20. The highest BCUT2D eigenvalue weighted by atomic mass is 16.5. The fourth-order valence-electron chi connectivity index (χ4n) is 3.03. The van der Waals surface area contributed by atoms with Crippen molar-refractivity contribution in [3.05, 3.63) is 69.8 Å². The molecular formula is C21H23N3O4. The third-order valence-corrected chi connectivity index (χ3v) is 4.57. The molecule has 0 radical (unpaired) electrons. The third kappa shape index (κ3) is 3.69. The Kier molecular flexibility index (Phi) is 5.63. The van der Waals surface area contributed by atoms with Gasteiger partial charge in [-0.25, -0.2) is 4.98 Å². The first-order valence-electron chi connectivity index (χ1n) is 8.96. The first-order valence-corrected chi connectivity index (χ1v) is 8.96. The number of aromatic nitrogens is 2. The molecule has 0 aliphatic rings. The number of pyridine rings is 1. The molecule has 7 heteroatoms. The number of methoxy groups -OCH3 is 2. The van der Waals surface area contributed by atoms with Gasteiger partial charge >= 0.3 is 0 Å². The van der Waals surface area contributed by atoms with Gasteiger partial charge in [-0.2, -0.15) is 0 Å². The van der Waals surface area contributed by atoms with Crippen molar-refractivity contribution in [1.82, 2.24) is 14.3 Å². The van der Waals surface area contributed by atoms with Crippen LogP contribution >= 0.6 is 0 Å². The molecular weight excluding hydrogens is 358 g/mol. The van der Waals surface area contributed by atoms with Crippen LogP contribution in [0, 0.1) is 6.92 Å². The van der Waals surface area contributed by atoms with Gasteiger partial charge in [-0.3, -0.25) is 14.0 Å². The summed E-state index contributed by atoms with van der Waals surface area (Å²) in [6.45, 7) is 4.54. The molecule has 0 bridgehead atoms. The lowest BCUT2D eigenvalue weighted by molar-refractivity contribution is 0.0750. The maximum Gasteiger partial charge on any atom is 0.270 e. The summed E-state index contributed by atoms with van der Waals surface area (Å²) >= 11 is 0. The molecule has 3 aromatic rings. The van der Waals surface area contributed by atoms with E-state index in [-0.39, 0.29) is 17.0 Å². The van der Waals surface area contributed by atoms with Crippen molar-refractivity contribution in [1.29, 1.82) is 0 Å². The molecule has 146 valence electrons. The Bertz CT molecular complexity index is 1070. The van der Waals surface area contributed by atoms with E-state index in [2.05, 4.69) is 4.98 Å². The summed E-state index contributed by atoms with van der Waals surface area (Å²) in [5.74, 6) is 0.852. The molecule has 2 aromatic heterocycles. The fraction of sp³-hybridized carbons (Fsp3) is 0.286. The zero-order valence-corrected chi connectivity index (χ0v) is 16.4. The van der Waals surface area contributed by atoms with Crippen molar-refractivity contribution in [2.45, 2.75) is 20.4 Å². The van der Waals surface area contributed by atoms with Crippen LogP contribution in [-0.2, 0) is 6.54 Å². The van der Waals surface area contributed by atoms with Crippen LogP contribution in [0.25, 0.3) is 5.65 Å². The Hall–Kier alpha value is -3.35. The molecule has 0 aliphatic carbocycles. The summed E-state index contributed by atoms with van der Waals surface area (Å²) < 4.78 is 12.0. The van der Waals surface area contributed by atoms with Gasteiger partial charge in [0.2, 0.25) is 0 Å². The Morgan fingerprint density at radius 1 is 1.14 bits per heavy atom. The second-order valence-electron chi connectivity index (χ2n) is 6.42. The second kappa shape index (κ2) is 8.12. The SMILES string of the molecule is CCN(Cc1ccc(OC)c(OC)c1)C(=O)c1cnc2ccc(C)cn2c1=O. The highest BCUT2D eigenvalue weighted by molar-refractivity contribution is 5.93. The van der Waals surface area contributed by atoms with Gasteiger partial charge < -0.3 is 14.4 Å². The average molecular weight is 381 g/mol. The van der Waals surface area contributed by atoms with Crippen LogP contribution in [0.3, 0.4) is 0 Å². The second-order valence-corrected chi connectivity index (χ2v) is 6.42. The summed E-state index contributed by atoms with van der Waals surface area (Å²) in [6, 6.07) is 9.11. The van der Waals surface area contributed by atoms with Crippen molar-refractivity contribution in [2.75, 3.05) is 20.8 Å². The standard InChI is InChI=1S/C21H23N3O4/c1-5-23(13-15-7-8-17(27-3)18(10-15)28-4)20(25)16-11-22-19-9-6-14(2)12-24(19)21(16)26/h6-12H,5,13H2,1-4H3. The maximum absolute atomic E-state index is 13.0. The van der Waals surface area contributed by atoms with E-state index >= 15 is 0 Å². The number of nitrogens with zero attached hydrogens (tertiary/aromatic N) is 3. The smallest absolute Gasteiger partial charge is 0.270 e. The predicted molar refractivity (Wildman–Crippen MR) is 106 cm³/mol. The van der Waals surface area contributed by atoms with E-state index in [1.165, 1.54) is 10.6 Å². The predicted octanol–water partition coefficient (Wildman–Crippen LogP) is 2.68. The lowest BCUT2D eigenvalue weighted by atomic mass is 10.1. The van der Waals surface area contributed by atoms with E-state index in [1.54, 1.807) is 37.4 Å². The number of rotatable bonds is 6. The number of aryl methyl sites for hydroxylation is 1. The number of carbonyl (C=O) groups is 1. The van der Waals surface area contributed by atoms with Gasteiger partial charge in [-0.1, -0.05) is 12.1 Å². The van der Waals surface area contributed by atoms with E-state index in [0.717, 1.165) is 11.1 Å². The molecule has 0 saturated heterocycles. The van der Waals surface area contributed by atoms with E-state index in [0.29, 0.717) is 30.2 Å². The molecule has 3 rings (SSSR count). The summed E-state index contributed by atoms with van der Waals surface area (Å²) in [5.41, 5.74) is 1.97. The molecule has 0 saturated carbocycles. The van der Waals surface area contributed by atoms with Crippen molar-refractivity contribution in [2.24, 2.45) is 0 Å². The minimum Gasteiger partial charge on any atom is -0.493 e. The van der Waals surface area contributed by atoms with Gasteiger partial charge in [0.25, 0.3) is 11.5 Å². The van der Waals surface area contributed by atoms with Crippen LogP contribution in [-0.4, -0.2) is 41.0 Å². The molecule has 0 atom stereocenters. The van der Waals surface area contributed by atoms with Crippen molar-refractivity contribution in [3.63, 3.8) is 0 Å². The monoisotopic (exact) mass is 381 g/mol. The molecule has 1 aromatic carbocycles. The Balaban J connectivity index is 1.93. The molecule has 28 heavy (non-hydrogen) atoms. The first-order chi connectivity index (χ1) is 13.5. The first kappa shape index (κ1) is 19.4. The highest BCUT2D eigenvalue weighted by Crippen LogP contribution is 2.28. The number of benzene rings is 1. The number of hydrogen-bond donors (Lipinski definition) is 0. The Morgan fingerprint density at radius 2 is 1.89 bits per heavy atom. The Morgan fingerprint density at radius 3 is 2.57 bits per heavy atom. The number of fused-ring (bicyclic) bond motifs is 1. The van der Waals surface area contributed by atoms with E-state index < -0.39 is 0 Å². The van der Waals surface area contributed by atoms with Gasteiger partial charge in [-0.15, -0.1) is 0 Å². The number of amides is 1. The van der Waals surface area contributed by atoms with Crippen LogP contribution in [0.2, 0.25) is 0 Å².